The summed E-state index contributed by atoms with van der Waals surface area (Å²) in [6.45, 7) is 0. The number of rotatable bonds is 4. The Balaban J connectivity index is 1.84. The predicted octanol–water partition coefficient (Wildman–Crippen LogP) is 4.94. The molecule has 0 spiro atoms. The lowest BCUT2D eigenvalue weighted by atomic mass is 10.2. The summed E-state index contributed by atoms with van der Waals surface area (Å²) >= 11 is 0. The predicted molar refractivity (Wildman–Crippen MR) is 88.3 cm³/mol. The maximum absolute atomic E-state index is 10.3. The van der Waals surface area contributed by atoms with Crippen molar-refractivity contribution in [2.24, 2.45) is 4.99 Å². The van der Waals surface area contributed by atoms with Gasteiger partial charge in [-0.15, -0.1) is 0 Å². The fourth-order valence-corrected chi connectivity index (χ4v) is 2.00. The van der Waals surface area contributed by atoms with E-state index in [0.717, 1.165) is 5.69 Å². The number of ether oxygens (including phenoxy) is 1. The van der Waals surface area contributed by atoms with Gasteiger partial charge in [0.1, 0.15) is 5.75 Å². The molecule has 0 amide bonds. The lowest BCUT2D eigenvalue weighted by Gasteiger charge is -2.08. The average molecular weight is 289 g/mol. The maximum Gasteiger partial charge on any atom is 0.169 e. The van der Waals surface area contributed by atoms with Crippen molar-refractivity contribution in [3.05, 3.63) is 84.4 Å². The van der Waals surface area contributed by atoms with Crippen LogP contribution in [0, 0.1) is 0 Å². The smallest absolute Gasteiger partial charge is 0.169 e. The lowest BCUT2D eigenvalue weighted by molar-refractivity contribution is 0.411. The van der Waals surface area contributed by atoms with Crippen molar-refractivity contribution in [3.8, 4) is 17.2 Å². The second kappa shape index (κ2) is 6.59. The largest absolute Gasteiger partial charge is 0.504 e. The fraction of sp³-hybridized carbons (Fsp3) is 0. The van der Waals surface area contributed by atoms with Crippen LogP contribution in [0.2, 0.25) is 0 Å². The molecule has 0 radical (unpaired) electrons. The monoisotopic (exact) mass is 289 g/mol. The summed E-state index contributed by atoms with van der Waals surface area (Å²) in [5, 5.41) is 10.3. The Bertz CT molecular complexity index is 768. The molecular weight excluding hydrogens is 274 g/mol. The van der Waals surface area contributed by atoms with Gasteiger partial charge < -0.3 is 9.84 Å². The van der Waals surface area contributed by atoms with Gasteiger partial charge in [-0.3, -0.25) is 4.99 Å². The Morgan fingerprint density at radius 2 is 1.45 bits per heavy atom. The molecule has 3 heteroatoms. The Hall–Kier alpha value is -3.07. The quantitative estimate of drug-likeness (QED) is 0.691. The summed E-state index contributed by atoms with van der Waals surface area (Å²) in [7, 11) is 0. The second-order valence-electron chi connectivity index (χ2n) is 4.70. The van der Waals surface area contributed by atoms with Crippen LogP contribution >= 0.6 is 0 Å². The van der Waals surface area contributed by atoms with Crippen molar-refractivity contribution < 1.29 is 9.84 Å². The number of aromatic hydroxyl groups is 1. The molecule has 1 N–H and O–H groups in total. The van der Waals surface area contributed by atoms with E-state index in [9.17, 15) is 5.11 Å². The molecule has 0 aliphatic rings. The topological polar surface area (TPSA) is 41.8 Å². The van der Waals surface area contributed by atoms with Gasteiger partial charge >= 0.3 is 0 Å². The van der Waals surface area contributed by atoms with Crippen molar-refractivity contribution in [3.63, 3.8) is 0 Å². The average Bonchev–Trinajstić information content (AvgIpc) is 2.58. The highest BCUT2D eigenvalue weighted by molar-refractivity contribution is 5.86. The molecule has 108 valence electrons. The third kappa shape index (κ3) is 3.33. The van der Waals surface area contributed by atoms with Crippen LogP contribution in [0.1, 0.15) is 5.56 Å². The Morgan fingerprint density at radius 3 is 2.18 bits per heavy atom. The molecule has 3 nitrogen and oxygen atoms in total. The van der Waals surface area contributed by atoms with Gasteiger partial charge in [0, 0.05) is 11.8 Å². The lowest BCUT2D eigenvalue weighted by Crippen LogP contribution is -1.88. The van der Waals surface area contributed by atoms with E-state index in [1.165, 1.54) is 0 Å². The van der Waals surface area contributed by atoms with Crippen LogP contribution < -0.4 is 4.74 Å². The fourth-order valence-electron chi connectivity index (χ4n) is 2.00. The number of phenols is 1. The van der Waals surface area contributed by atoms with Crippen LogP contribution in [0.25, 0.3) is 0 Å². The summed E-state index contributed by atoms with van der Waals surface area (Å²) in [6, 6.07) is 24.3. The number of hydrogen-bond acceptors (Lipinski definition) is 3. The summed E-state index contributed by atoms with van der Waals surface area (Å²) in [5.41, 5.74) is 1.44. The molecule has 3 rings (SSSR count). The Morgan fingerprint density at radius 1 is 0.773 bits per heavy atom. The van der Waals surface area contributed by atoms with Crippen molar-refractivity contribution in [1.29, 1.82) is 0 Å². The van der Waals surface area contributed by atoms with Crippen molar-refractivity contribution in [2.75, 3.05) is 0 Å². The first-order chi connectivity index (χ1) is 10.8. The Kier molecular flexibility index (Phi) is 4.16. The van der Waals surface area contributed by atoms with E-state index in [-0.39, 0.29) is 5.75 Å². The minimum absolute atomic E-state index is 0.0750. The Labute approximate surface area is 129 Å². The van der Waals surface area contributed by atoms with Gasteiger partial charge in [0.25, 0.3) is 0 Å². The number of nitrogens with zero attached hydrogens (tertiary/aromatic N) is 1. The van der Waals surface area contributed by atoms with E-state index < -0.39 is 0 Å². The van der Waals surface area contributed by atoms with E-state index in [4.69, 9.17) is 4.74 Å². The molecule has 0 aromatic heterocycles. The van der Waals surface area contributed by atoms with E-state index in [0.29, 0.717) is 17.1 Å². The molecule has 3 aromatic carbocycles. The first-order valence-corrected chi connectivity index (χ1v) is 6.97. The number of para-hydroxylation sites is 3. The van der Waals surface area contributed by atoms with Gasteiger partial charge in [0.05, 0.1) is 5.69 Å². The maximum atomic E-state index is 10.3. The zero-order valence-corrected chi connectivity index (χ0v) is 11.9. The molecule has 0 aliphatic heterocycles. The number of benzene rings is 3. The number of hydrogen-bond donors (Lipinski definition) is 1. The van der Waals surface area contributed by atoms with Crippen molar-refractivity contribution in [2.45, 2.75) is 0 Å². The SMILES string of the molecule is Oc1c(C=Nc2ccccc2)cccc1Oc1ccccc1. The molecule has 0 saturated carbocycles. The van der Waals surface area contributed by atoms with Gasteiger partial charge in [0.15, 0.2) is 11.5 Å². The number of phenolic OH excluding ortho intramolecular Hbond substituents is 1. The van der Waals surface area contributed by atoms with E-state index in [1.807, 2.05) is 66.7 Å². The highest BCUT2D eigenvalue weighted by atomic mass is 16.5. The molecule has 3 aromatic rings. The minimum atomic E-state index is 0.0750. The zero-order valence-electron chi connectivity index (χ0n) is 11.9. The summed E-state index contributed by atoms with van der Waals surface area (Å²) in [4.78, 5) is 4.34. The van der Waals surface area contributed by atoms with Crippen LogP contribution in [0.3, 0.4) is 0 Å². The first-order valence-electron chi connectivity index (χ1n) is 6.97. The van der Waals surface area contributed by atoms with Crippen LogP contribution in [-0.4, -0.2) is 11.3 Å². The van der Waals surface area contributed by atoms with Crippen molar-refractivity contribution in [1.82, 2.24) is 0 Å². The summed E-state index contributed by atoms with van der Waals surface area (Å²) in [5.74, 6) is 1.16. The second-order valence-corrected chi connectivity index (χ2v) is 4.70. The molecule has 0 unspecified atom stereocenters. The van der Waals surface area contributed by atoms with Crippen LogP contribution in [-0.2, 0) is 0 Å². The van der Waals surface area contributed by atoms with E-state index >= 15 is 0 Å². The van der Waals surface area contributed by atoms with Gasteiger partial charge in [-0.2, -0.15) is 0 Å². The summed E-state index contributed by atoms with van der Waals surface area (Å²) in [6.07, 6.45) is 1.63. The minimum Gasteiger partial charge on any atom is -0.504 e. The molecule has 0 heterocycles. The standard InChI is InChI=1S/C19H15NO2/c21-19-15(14-20-16-9-3-1-4-10-16)8-7-13-18(19)22-17-11-5-2-6-12-17/h1-14,21H. The highest BCUT2D eigenvalue weighted by Gasteiger charge is 2.07. The molecule has 0 fully saturated rings. The van der Waals surface area contributed by atoms with Gasteiger partial charge in [-0.05, 0) is 36.4 Å². The number of aliphatic imine (C=N–C) groups is 1. The zero-order chi connectivity index (χ0) is 15.2. The van der Waals surface area contributed by atoms with Crippen molar-refractivity contribution >= 4 is 11.9 Å². The molecule has 0 atom stereocenters. The van der Waals surface area contributed by atoms with Crippen LogP contribution in [0.4, 0.5) is 5.69 Å². The molecule has 0 bridgehead atoms. The van der Waals surface area contributed by atoms with Crippen LogP contribution in [0.15, 0.2) is 83.9 Å². The van der Waals surface area contributed by atoms with E-state index in [2.05, 4.69) is 4.99 Å². The van der Waals surface area contributed by atoms with Gasteiger partial charge in [-0.25, -0.2) is 0 Å². The highest BCUT2D eigenvalue weighted by Crippen LogP contribution is 2.32. The molecular formula is C19H15NO2. The van der Waals surface area contributed by atoms with E-state index in [1.54, 1.807) is 18.3 Å². The first kappa shape index (κ1) is 13.9. The molecule has 0 saturated heterocycles. The van der Waals surface area contributed by atoms with Crippen LogP contribution in [0.5, 0.6) is 17.2 Å². The molecule has 22 heavy (non-hydrogen) atoms. The normalized spacial score (nSPS) is 10.7. The summed E-state index contributed by atoms with van der Waals surface area (Å²) < 4.78 is 5.69. The van der Waals surface area contributed by atoms with Gasteiger partial charge in [-0.1, -0.05) is 42.5 Å². The third-order valence-corrected chi connectivity index (χ3v) is 3.11. The third-order valence-electron chi connectivity index (χ3n) is 3.11. The molecule has 0 aliphatic carbocycles. The van der Waals surface area contributed by atoms with Gasteiger partial charge in [0.2, 0.25) is 0 Å².